The topological polar surface area (TPSA) is 24.9 Å². The minimum atomic E-state index is 0.216. The fourth-order valence-electron chi connectivity index (χ4n) is 3.05. The Hall–Kier alpha value is -0.410. The first-order valence-corrected chi connectivity index (χ1v) is 8.62. The van der Waals surface area contributed by atoms with Crippen molar-refractivity contribution in [1.29, 1.82) is 0 Å². The fraction of sp³-hybridized carbons (Fsp3) is 0.812. The second kappa shape index (κ2) is 4.85. The maximum Gasteiger partial charge on any atom is 0.113 e. The van der Waals surface area contributed by atoms with Gasteiger partial charge in [0.15, 0.2) is 0 Å². The molecular weight excluding hydrogens is 252 g/mol. The number of nitrogens with zero attached hydrogens (tertiary/aromatic N) is 1. The molecular formula is C16H26N2S. The SMILES string of the molecule is CC(C)c1csc(C2(NC3CC3)CC(C(C)C)C2)n1. The zero-order chi connectivity index (χ0) is 13.6. The highest BCUT2D eigenvalue weighted by Crippen LogP contribution is 2.51. The van der Waals surface area contributed by atoms with E-state index in [1.165, 1.54) is 36.4 Å². The molecule has 0 aromatic carbocycles. The van der Waals surface area contributed by atoms with Gasteiger partial charge in [-0.2, -0.15) is 0 Å². The summed E-state index contributed by atoms with van der Waals surface area (Å²) in [5.41, 5.74) is 1.48. The van der Waals surface area contributed by atoms with Crippen molar-refractivity contribution >= 4 is 11.3 Å². The second-order valence-corrected chi connectivity index (χ2v) is 8.00. The number of hydrogen-bond donors (Lipinski definition) is 1. The standard InChI is InChI=1S/C16H26N2S/c1-10(2)12-7-16(8-12,18-13-5-6-13)15-17-14(9-19-15)11(3)4/h9-13,18H,5-8H2,1-4H3. The lowest BCUT2D eigenvalue weighted by Gasteiger charge is -2.49. The summed E-state index contributed by atoms with van der Waals surface area (Å²) in [5.74, 6) is 2.22. The van der Waals surface area contributed by atoms with E-state index in [4.69, 9.17) is 4.98 Å². The maximum atomic E-state index is 4.93. The van der Waals surface area contributed by atoms with Gasteiger partial charge >= 0.3 is 0 Å². The maximum absolute atomic E-state index is 4.93. The second-order valence-electron chi connectivity index (χ2n) is 7.15. The van der Waals surface area contributed by atoms with Crippen LogP contribution in [0.4, 0.5) is 0 Å². The van der Waals surface area contributed by atoms with E-state index in [9.17, 15) is 0 Å². The zero-order valence-electron chi connectivity index (χ0n) is 12.6. The Balaban J connectivity index is 1.79. The van der Waals surface area contributed by atoms with Crippen LogP contribution in [0.3, 0.4) is 0 Å². The van der Waals surface area contributed by atoms with Crippen LogP contribution in [0.15, 0.2) is 5.38 Å². The predicted molar refractivity (Wildman–Crippen MR) is 81.6 cm³/mol. The van der Waals surface area contributed by atoms with Crippen molar-refractivity contribution < 1.29 is 0 Å². The Labute approximate surface area is 121 Å². The molecule has 3 rings (SSSR count). The van der Waals surface area contributed by atoms with Gasteiger partial charge in [-0.3, -0.25) is 0 Å². The van der Waals surface area contributed by atoms with Gasteiger partial charge in [-0.15, -0.1) is 11.3 Å². The van der Waals surface area contributed by atoms with Gasteiger partial charge in [0.05, 0.1) is 11.2 Å². The van der Waals surface area contributed by atoms with Crippen LogP contribution in [0.1, 0.15) is 70.0 Å². The molecule has 19 heavy (non-hydrogen) atoms. The number of rotatable bonds is 5. The third kappa shape index (κ3) is 2.59. The van der Waals surface area contributed by atoms with Crippen LogP contribution in [0.25, 0.3) is 0 Å². The molecule has 0 unspecified atom stereocenters. The summed E-state index contributed by atoms with van der Waals surface area (Å²) in [4.78, 5) is 4.93. The number of thiazole rings is 1. The number of hydrogen-bond acceptors (Lipinski definition) is 3. The van der Waals surface area contributed by atoms with Crippen molar-refractivity contribution in [1.82, 2.24) is 10.3 Å². The average Bonchev–Trinajstić information content (AvgIpc) is 2.95. The highest BCUT2D eigenvalue weighted by molar-refractivity contribution is 7.09. The highest BCUT2D eigenvalue weighted by Gasteiger charge is 2.50. The summed E-state index contributed by atoms with van der Waals surface area (Å²) in [5, 5.41) is 7.52. The van der Waals surface area contributed by atoms with Crippen LogP contribution in [0, 0.1) is 11.8 Å². The Bertz CT molecular complexity index is 439. The highest BCUT2D eigenvalue weighted by atomic mass is 32.1. The molecule has 1 aromatic rings. The molecule has 2 aliphatic carbocycles. The molecule has 0 atom stereocenters. The number of aromatic nitrogens is 1. The van der Waals surface area contributed by atoms with E-state index in [2.05, 4.69) is 38.4 Å². The van der Waals surface area contributed by atoms with E-state index in [1.807, 2.05) is 11.3 Å². The van der Waals surface area contributed by atoms with Crippen molar-refractivity contribution in [3.63, 3.8) is 0 Å². The molecule has 1 aromatic heterocycles. The van der Waals surface area contributed by atoms with E-state index < -0.39 is 0 Å². The molecule has 0 saturated heterocycles. The minimum absolute atomic E-state index is 0.216. The zero-order valence-corrected chi connectivity index (χ0v) is 13.4. The molecule has 106 valence electrons. The van der Waals surface area contributed by atoms with E-state index in [0.717, 1.165) is 17.9 Å². The lowest BCUT2D eigenvalue weighted by molar-refractivity contribution is 0.0655. The normalized spacial score (nSPS) is 30.9. The molecule has 2 saturated carbocycles. The van der Waals surface area contributed by atoms with Gasteiger partial charge in [-0.25, -0.2) is 4.98 Å². The summed E-state index contributed by atoms with van der Waals surface area (Å²) >= 11 is 1.87. The van der Waals surface area contributed by atoms with Gasteiger partial charge in [-0.1, -0.05) is 27.7 Å². The molecule has 0 aliphatic heterocycles. The molecule has 0 radical (unpaired) electrons. The molecule has 2 aliphatic rings. The molecule has 0 spiro atoms. The summed E-state index contributed by atoms with van der Waals surface area (Å²) in [6.07, 6.45) is 5.28. The molecule has 2 nitrogen and oxygen atoms in total. The van der Waals surface area contributed by atoms with Gasteiger partial charge in [0, 0.05) is 11.4 Å². The van der Waals surface area contributed by atoms with E-state index >= 15 is 0 Å². The van der Waals surface area contributed by atoms with Gasteiger partial charge < -0.3 is 5.32 Å². The Morgan fingerprint density at radius 1 is 1.26 bits per heavy atom. The van der Waals surface area contributed by atoms with Crippen LogP contribution >= 0.6 is 11.3 Å². The Morgan fingerprint density at radius 3 is 2.42 bits per heavy atom. The lowest BCUT2D eigenvalue weighted by atomic mass is 9.64. The van der Waals surface area contributed by atoms with Crippen molar-refractivity contribution in [2.75, 3.05) is 0 Å². The van der Waals surface area contributed by atoms with Crippen LogP contribution < -0.4 is 5.32 Å². The third-order valence-corrected chi connectivity index (χ3v) is 5.81. The van der Waals surface area contributed by atoms with Crippen LogP contribution in [0.5, 0.6) is 0 Å². The van der Waals surface area contributed by atoms with E-state index in [0.29, 0.717) is 5.92 Å². The molecule has 0 bridgehead atoms. The first kappa shape index (κ1) is 13.6. The Kier molecular flexibility index (Phi) is 3.46. The summed E-state index contributed by atoms with van der Waals surface area (Å²) in [7, 11) is 0. The predicted octanol–water partition coefficient (Wildman–Crippen LogP) is 4.28. The minimum Gasteiger partial charge on any atom is -0.303 e. The summed E-state index contributed by atoms with van der Waals surface area (Å²) in [6, 6.07) is 0.763. The summed E-state index contributed by atoms with van der Waals surface area (Å²) < 4.78 is 0. The van der Waals surface area contributed by atoms with Crippen molar-refractivity contribution in [3.05, 3.63) is 16.1 Å². The quantitative estimate of drug-likeness (QED) is 0.869. The first-order valence-electron chi connectivity index (χ1n) is 7.74. The van der Waals surface area contributed by atoms with Crippen molar-refractivity contribution in [2.24, 2.45) is 11.8 Å². The van der Waals surface area contributed by atoms with Gasteiger partial charge in [0.25, 0.3) is 0 Å². The fourth-order valence-corrected chi connectivity index (χ4v) is 4.22. The van der Waals surface area contributed by atoms with Crippen molar-refractivity contribution in [3.8, 4) is 0 Å². The smallest absolute Gasteiger partial charge is 0.113 e. The number of nitrogens with one attached hydrogen (secondary N) is 1. The summed E-state index contributed by atoms with van der Waals surface area (Å²) in [6.45, 7) is 9.18. The van der Waals surface area contributed by atoms with E-state index in [-0.39, 0.29) is 5.54 Å². The lowest BCUT2D eigenvalue weighted by Crippen LogP contribution is -2.54. The van der Waals surface area contributed by atoms with E-state index in [1.54, 1.807) is 0 Å². The van der Waals surface area contributed by atoms with Gasteiger partial charge in [-0.05, 0) is 43.4 Å². The average molecular weight is 278 g/mol. The van der Waals surface area contributed by atoms with Crippen LogP contribution in [-0.2, 0) is 5.54 Å². The molecule has 1 N–H and O–H groups in total. The Morgan fingerprint density at radius 2 is 1.95 bits per heavy atom. The molecule has 2 fully saturated rings. The van der Waals surface area contributed by atoms with Crippen molar-refractivity contribution in [2.45, 2.75) is 70.9 Å². The van der Waals surface area contributed by atoms with Crippen LogP contribution in [0.2, 0.25) is 0 Å². The van der Waals surface area contributed by atoms with Gasteiger partial charge in [0.2, 0.25) is 0 Å². The third-order valence-electron chi connectivity index (χ3n) is 4.74. The van der Waals surface area contributed by atoms with Gasteiger partial charge in [0.1, 0.15) is 5.01 Å². The van der Waals surface area contributed by atoms with Crippen LogP contribution in [-0.4, -0.2) is 11.0 Å². The first-order chi connectivity index (χ1) is 9.00. The molecule has 0 amide bonds. The monoisotopic (exact) mass is 278 g/mol. The largest absolute Gasteiger partial charge is 0.303 e. The molecule has 3 heteroatoms. The molecule has 1 heterocycles.